The molecule has 0 radical (unpaired) electrons. The highest BCUT2D eigenvalue weighted by Crippen LogP contribution is 2.27. The molecule has 6 heteroatoms. The fourth-order valence-corrected chi connectivity index (χ4v) is 3.46. The Bertz CT molecular complexity index is 1080. The number of hydrogen-bond acceptors (Lipinski definition) is 3. The Balaban J connectivity index is 1.49. The van der Waals surface area contributed by atoms with E-state index >= 15 is 0 Å². The highest BCUT2D eigenvalue weighted by Gasteiger charge is 2.23. The van der Waals surface area contributed by atoms with Crippen molar-refractivity contribution < 1.29 is 14.3 Å². The van der Waals surface area contributed by atoms with E-state index in [2.05, 4.69) is 5.32 Å². The number of nitrogens with zero attached hydrogens (tertiary/aromatic N) is 1. The third-order valence-electron chi connectivity index (χ3n) is 4.83. The monoisotopic (exact) mass is 406 g/mol. The molecule has 0 aromatic heterocycles. The molecule has 1 saturated heterocycles. The van der Waals surface area contributed by atoms with Crippen LogP contribution in [0.3, 0.4) is 0 Å². The maximum absolute atomic E-state index is 12.6. The van der Waals surface area contributed by atoms with Gasteiger partial charge >= 0.3 is 6.09 Å². The Labute approximate surface area is 173 Å². The van der Waals surface area contributed by atoms with Crippen LogP contribution in [0.1, 0.15) is 15.9 Å². The number of hydrogen-bond donors (Lipinski definition) is 1. The van der Waals surface area contributed by atoms with Gasteiger partial charge in [0.15, 0.2) is 0 Å². The minimum absolute atomic E-state index is 0.209. The molecule has 29 heavy (non-hydrogen) atoms. The molecule has 4 rings (SSSR count). The topological polar surface area (TPSA) is 58.6 Å². The summed E-state index contributed by atoms with van der Waals surface area (Å²) in [5.41, 5.74) is 4.98. The second-order valence-electron chi connectivity index (χ2n) is 6.81. The summed E-state index contributed by atoms with van der Waals surface area (Å²) in [4.78, 5) is 25.8. The first kappa shape index (κ1) is 19.0. The van der Waals surface area contributed by atoms with Crippen LogP contribution in [0.5, 0.6) is 0 Å². The van der Waals surface area contributed by atoms with E-state index in [1.807, 2.05) is 49.4 Å². The van der Waals surface area contributed by atoms with Crippen molar-refractivity contribution in [2.75, 3.05) is 23.4 Å². The molecule has 1 fully saturated rings. The number of anilines is 2. The number of halogens is 1. The van der Waals surface area contributed by atoms with Crippen LogP contribution >= 0.6 is 11.6 Å². The number of rotatable bonds is 4. The van der Waals surface area contributed by atoms with Crippen molar-refractivity contribution >= 4 is 35.0 Å². The van der Waals surface area contributed by atoms with Gasteiger partial charge in [-0.2, -0.15) is 0 Å². The molecule has 1 aliphatic rings. The van der Waals surface area contributed by atoms with Crippen LogP contribution in [-0.4, -0.2) is 25.2 Å². The van der Waals surface area contributed by atoms with Crippen LogP contribution in [0.2, 0.25) is 5.02 Å². The van der Waals surface area contributed by atoms with Crippen molar-refractivity contribution in [1.29, 1.82) is 0 Å². The number of ether oxygens (including phenoxy) is 1. The fourth-order valence-electron chi connectivity index (χ4n) is 3.27. The molecule has 0 spiro atoms. The zero-order valence-electron chi connectivity index (χ0n) is 15.8. The van der Waals surface area contributed by atoms with Crippen LogP contribution in [0.4, 0.5) is 16.2 Å². The van der Waals surface area contributed by atoms with Gasteiger partial charge in [-0.15, -0.1) is 0 Å². The maximum atomic E-state index is 12.6. The normalized spacial score (nSPS) is 13.3. The molecule has 2 amide bonds. The van der Waals surface area contributed by atoms with Gasteiger partial charge in [0.05, 0.1) is 6.54 Å². The number of cyclic esters (lactones) is 1. The summed E-state index contributed by atoms with van der Waals surface area (Å²) in [5, 5.41) is 3.63. The third kappa shape index (κ3) is 4.10. The first-order valence-electron chi connectivity index (χ1n) is 9.23. The Morgan fingerprint density at radius 3 is 2.45 bits per heavy atom. The Kier molecular flexibility index (Phi) is 5.23. The highest BCUT2D eigenvalue weighted by atomic mass is 35.5. The minimum atomic E-state index is -0.363. The van der Waals surface area contributed by atoms with Crippen molar-refractivity contribution in [2.24, 2.45) is 0 Å². The van der Waals surface area contributed by atoms with Crippen LogP contribution in [-0.2, 0) is 4.74 Å². The van der Waals surface area contributed by atoms with E-state index in [1.165, 1.54) is 0 Å². The molecule has 0 aliphatic carbocycles. The van der Waals surface area contributed by atoms with Crippen molar-refractivity contribution in [3.05, 3.63) is 82.9 Å². The molecule has 0 bridgehead atoms. The van der Waals surface area contributed by atoms with Gasteiger partial charge in [0.2, 0.25) is 0 Å². The molecule has 0 saturated carbocycles. The predicted octanol–water partition coefficient (Wildman–Crippen LogP) is 5.52. The van der Waals surface area contributed by atoms with Gasteiger partial charge in [0, 0.05) is 22.0 Å². The van der Waals surface area contributed by atoms with Crippen molar-refractivity contribution in [1.82, 2.24) is 0 Å². The van der Waals surface area contributed by atoms with E-state index in [4.69, 9.17) is 16.3 Å². The highest BCUT2D eigenvalue weighted by molar-refractivity contribution is 6.30. The van der Waals surface area contributed by atoms with Gasteiger partial charge in [-0.05, 0) is 72.1 Å². The van der Waals surface area contributed by atoms with Crippen LogP contribution in [0.15, 0.2) is 66.7 Å². The molecule has 1 aliphatic heterocycles. The average Bonchev–Trinajstić information content (AvgIpc) is 3.15. The van der Waals surface area contributed by atoms with Gasteiger partial charge in [-0.25, -0.2) is 4.79 Å². The number of nitrogens with one attached hydrogen (secondary N) is 1. The fraction of sp³-hybridized carbons (Fsp3) is 0.130. The smallest absolute Gasteiger partial charge is 0.414 e. The van der Waals surface area contributed by atoms with Gasteiger partial charge < -0.3 is 10.1 Å². The average molecular weight is 407 g/mol. The van der Waals surface area contributed by atoms with E-state index in [1.54, 1.807) is 29.2 Å². The van der Waals surface area contributed by atoms with Crippen molar-refractivity contribution in [3.8, 4) is 11.1 Å². The summed E-state index contributed by atoms with van der Waals surface area (Å²) in [6.07, 6.45) is -0.363. The van der Waals surface area contributed by atoms with E-state index in [-0.39, 0.29) is 12.0 Å². The molecular formula is C23H19ClN2O3. The zero-order chi connectivity index (χ0) is 20.4. The minimum Gasteiger partial charge on any atom is -0.447 e. The molecule has 3 aromatic carbocycles. The number of carbonyl (C=O) groups is 2. The van der Waals surface area contributed by atoms with Crippen molar-refractivity contribution in [3.63, 3.8) is 0 Å². The van der Waals surface area contributed by atoms with E-state index < -0.39 is 0 Å². The largest absolute Gasteiger partial charge is 0.447 e. The van der Waals surface area contributed by atoms with Crippen LogP contribution in [0.25, 0.3) is 11.1 Å². The molecule has 3 aromatic rings. The number of benzene rings is 3. The lowest BCUT2D eigenvalue weighted by Gasteiger charge is -2.14. The SMILES string of the molecule is Cc1cc(-c2cccc(Cl)c2)ccc1NC(=O)c1ccc(N2CCOC2=O)cc1. The number of aryl methyl sites for hydroxylation is 1. The van der Waals surface area contributed by atoms with Crippen LogP contribution in [0, 0.1) is 6.92 Å². The summed E-state index contributed by atoms with van der Waals surface area (Å²) >= 11 is 6.08. The van der Waals surface area contributed by atoms with Gasteiger partial charge in [-0.1, -0.05) is 29.8 Å². The lowest BCUT2D eigenvalue weighted by molar-refractivity contribution is 0.102. The maximum Gasteiger partial charge on any atom is 0.414 e. The summed E-state index contributed by atoms with van der Waals surface area (Å²) in [6, 6.07) is 20.4. The second-order valence-corrected chi connectivity index (χ2v) is 7.24. The molecule has 0 atom stereocenters. The van der Waals surface area contributed by atoms with E-state index in [0.717, 1.165) is 22.4 Å². The lowest BCUT2D eigenvalue weighted by atomic mass is 10.0. The van der Waals surface area contributed by atoms with Gasteiger partial charge in [0.25, 0.3) is 5.91 Å². The van der Waals surface area contributed by atoms with Crippen LogP contribution < -0.4 is 10.2 Å². The molecular weight excluding hydrogens is 388 g/mol. The second kappa shape index (κ2) is 7.97. The van der Waals surface area contributed by atoms with E-state index in [9.17, 15) is 9.59 Å². The summed E-state index contributed by atoms with van der Waals surface area (Å²) in [6.45, 7) is 2.85. The zero-order valence-corrected chi connectivity index (χ0v) is 16.6. The lowest BCUT2D eigenvalue weighted by Crippen LogP contribution is -2.23. The van der Waals surface area contributed by atoms with E-state index in [0.29, 0.717) is 29.4 Å². The predicted molar refractivity (Wildman–Crippen MR) is 115 cm³/mol. The Hall–Kier alpha value is -3.31. The van der Waals surface area contributed by atoms with Crippen molar-refractivity contribution in [2.45, 2.75) is 6.92 Å². The van der Waals surface area contributed by atoms with Gasteiger partial charge in [0.1, 0.15) is 6.61 Å². The Morgan fingerprint density at radius 2 is 1.79 bits per heavy atom. The third-order valence-corrected chi connectivity index (χ3v) is 5.07. The summed E-state index contributed by atoms with van der Waals surface area (Å²) < 4.78 is 4.94. The quantitative estimate of drug-likeness (QED) is 0.620. The Morgan fingerprint density at radius 1 is 1.03 bits per heavy atom. The molecule has 0 unspecified atom stereocenters. The summed E-state index contributed by atoms with van der Waals surface area (Å²) in [5.74, 6) is -0.209. The first-order chi connectivity index (χ1) is 14.0. The standard InChI is InChI=1S/C23H19ClN2O3/c1-15-13-18(17-3-2-4-19(24)14-17)7-10-21(15)25-22(27)16-5-8-20(9-6-16)26-11-12-29-23(26)28/h2-10,13-14H,11-12H2,1H3,(H,25,27). The molecule has 1 heterocycles. The summed E-state index contributed by atoms with van der Waals surface area (Å²) in [7, 11) is 0. The number of amides is 2. The first-order valence-corrected chi connectivity index (χ1v) is 9.61. The molecule has 146 valence electrons. The molecule has 5 nitrogen and oxygen atoms in total. The number of carbonyl (C=O) groups excluding carboxylic acids is 2. The van der Waals surface area contributed by atoms with Gasteiger partial charge in [-0.3, -0.25) is 9.69 Å². The molecule has 1 N–H and O–H groups in total.